The lowest BCUT2D eigenvalue weighted by Gasteiger charge is -2.38. The number of ether oxygens (including phenoxy) is 1. The van der Waals surface area contributed by atoms with Crippen LogP contribution >= 0.6 is 11.6 Å². The molecule has 0 aliphatic carbocycles. The third-order valence-corrected chi connectivity index (χ3v) is 5.71. The number of carbonyl (C=O) groups is 1. The van der Waals surface area contributed by atoms with Crippen LogP contribution in [0, 0.1) is 5.92 Å². The van der Waals surface area contributed by atoms with Crippen LogP contribution in [0.15, 0.2) is 18.3 Å². The highest BCUT2D eigenvalue weighted by Gasteiger charge is 2.49. The van der Waals surface area contributed by atoms with Crippen LogP contribution in [0.1, 0.15) is 24.5 Å². The predicted molar refractivity (Wildman–Crippen MR) is 98.4 cm³/mol. The van der Waals surface area contributed by atoms with E-state index in [4.69, 9.17) is 16.3 Å². The molecule has 0 bridgehead atoms. The van der Waals surface area contributed by atoms with E-state index >= 15 is 8.78 Å². The second-order valence-corrected chi connectivity index (χ2v) is 7.79. The second-order valence-electron chi connectivity index (χ2n) is 7.35. The molecule has 0 spiro atoms. The molecule has 7 nitrogen and oxygen atoms in total. The van der Waals surface area contributed by atoms with E-state index < -0.39 is 17.9 Å². The molecule has 152 valence electrons. The molecule has 1 aromatic carbocycles. The smallest absolute Gasteiger partial charge is 0.317 e. The van der Waals surface area contributed by atoms with Crippen molar-refractivity contribution in [3.8, 4) is 0 Å². The zero-order valence-electron chi connectivity index (χ0n) is 15.0. The monoisotopic (exact) mass is 414 g/mol. The Labute approximate surface area is 165 Å². The fraction of sp³-hybridized carbons (Fsp3) is 0.556. The number of hydrogen-bond donors (Lipinski definition) is 3. The van der Waals surface area contributed by atoms with Gasteiger partial charge in [-0.3, -0.25) is 5.10 Å². The molecule has 2 aliphatic rings. The average molecular weight is 415 g/mol. The molecule has 0 radical (unpaired) electrons. The minimum atomic E-state index is -3.37. The number of benzene rings is 1. The number of H-pyrrole nitrogens is 1. The molecule has 4 rings (SSSR count). The number of fused-ring (bicyclic) bond motifs is 1. The Morgan fingerprint density at radius 3 is 2.75 bits per heavy atom. The molecule has 1 aromatic heterocycles. The van der Waals surface area contributed by atoms with Gasteiger partial charge in [-0.05, 0) is 25.0 Å². The van der Waals surface area contributed by atoms with Crippen molar-refractivity contribution in [3.05, 3.63) is 28.9 Å². The number of urea groups is 1. The van der Waals surface area contributed by atoms with Gasteiger partial charge in [-0.15, -0.1) is 0 Å². The van der Waals surface area contributed by atoms with Crippen LogP contribution in [0.4, 0.5) is 13.6 Å². The molecule has 3 N–H and O–H groups in total. The first-order valence-electron chi connectivity index (χ1n) is 9.18. The van der Waals surface area contributed by atoms with Gasteiger partial charge in [-0.25, -0.2) is 13.6 Å². The van der Waals surface area contributed by atoms with Crippen LogP contribution in [0.25, 0.3) is 10.9 Å². The summed E-state index contributed by atoms with van der Waals surface area (Å²) < 4.78 is 35.2. The van der Waals surface area contributed by atoms with Crippen LogP contribution in [0.5, 0.6) is 0 Å². The van der Waals surface area contributed by atoms with E-state index in [0.29, 0.717) is 24.1 Å². The Balaban J connectivity index is 1.44. The van der Waals surface area contributed by atoms with Crippen LogP contribution < -0.4 is 5.32 Å². The van der Waals surface area contributed by atoms with Gasteiger partial charge in [0.15, 0.2) is 0 Å². The van der Waals surface area contributed by atoms with Crippen molar-refractivity contribution < 1.29 is 23.4 Å². The third-order valence-electron chi connectivity index (χ3n) is 5.50. The highest BCUT2D eigenvalue weighted by atomic mass is 35.5. The summed E-state index contributed by atoms with van der Waals surface area (Å²) in [6.07, 6.45) is -0.345. The minimum Gasteiger partial charge on any atom is -0.382 e. The topological polar surface area (TPSA) is 90.5 Å². The van der Waals surface area contributed by atoms with Crippen molar-refractivity contribution in [3.63, 3.8) is 0 Å². The molecular formula is C18H21ClF2N4O3. The summed E-state index contributed by atoms with van der Waals surface area (Å²) >= 11 is 6.02. The first kappa shape index (κ1) is 19.4. The fourth-order valence-electron chi connectivity index (χ4n) is 3.75. The minimum absolute atomic E-state index is 0.00636. The highest BCUT2D eigenvalue weighted by Crippen LogP contribution is 2.44. The summed E-state index contributed by atoms with van der Waals surface area (Å²) in [5, 5.41) is 20.6. The van der Waals surface area contributed by atoms with Gasteiger partial charge in [0.1, 0.15) is 6.10 Å². The van der Waals surface area contributed by atoms with Gasteiger partial charge in [0.05, 0.1) is 31.0 Å². The molecule has 2 amide bonds. The Kier molecular flexibility index (Phi) is 5.15. The maximum Gasteiger partial charge on any atom is 0.317 e. The number of piperidine rings is 1. The molecule has 1 atom stereocenters. The molecule has 0 saturated carbocycles. The van der Waals surface area contributed by atoms with Gasteiger partial charge in [0.2, 0.25) is 0 Å². The van der Waals surface area contributed by atoms with E-state index in [1.807, 2.05) is 0 Å². The predicted octanol–water partition coefficient (Wildman–Crippen LogP) is 2.71. The number of alkyl halides is 2. The van der Waals surface area contributed by atoms with Crippen molar-refractivity contribution >= 4 is 28.5 Å². The lowest BCUT2D eigenvalue weighted by Crippen LogP contribution is -2.55. The van der Waals surface area contributed by atoms with Crippen LogP contribution in [-0.4, -0.2) is 64.5 Å². The Morgan fingerprint density at radius 2 is 2.11 bits per heavy atom. The van der Waals surface area contributed by atoms with Crippen molar-refractivity contribution in [1.82, 2.24) is 20.4 Å². The van der Waals surface area contributed by atoms with Gasteiger partial charge in [0, 0.05) is 35.0 Å². The Hall–Kier alpha value is -1.97. The van der Waals surface area contributed by atoms with Crippen molar-refractivity contribution in [2.75, 3.05) is 26.3 Å². The summed E-state index contributed by atoms with van der Waals surface area (Å²) in [5.74, 6) is -4.41. The first-order valence-corrected chi connectivity index (χ1v) is 9.55. The van der Waals surface area contributed by atoms with Crippen LogP contribution in [0.3, 0.4) is 0 Å². The average Bonchev–Trinajstić information content (AvgIpc) is 3.11. The van der Waals surface area contributed by atoms with Crippen molar-refractivity contribution in [2.24, 2.45) is 5.92 Å². The van der Waals surface area contributed by atoms with Crippen molar-refractivity contribution in [2.45, 2.75) is 30.9 Å². The summed E-state index contributed by atoms with van der Waals surface area (Å²) in [4.78, 5) is 13.7. The number of nitrogens with one attached hydrogen (secondary N) is 2. The number of aromatic amines is 1. The largest absolute Gasteiger partial charge is 0.382 e. The van der Waals surface area contributed by atoms with E-state index in [1.54, 1.807) is 6.07 Å². The summed E-state index contributed by atoms with van der Waals surface area (Å²) in [6, 6.07) is 2.67. The van der Waals surface area contributed by atoms with Gasteiger partial charge < -0.3 is 20.1 Å². The van der Waals surface area contributed by atoms with Gasteiger partial charge >= 0.3 is 6.03 Å². The number of hydrogen-bond acceptors (Lipinski definition) is 4. The van der Waals surface area contributed by atoms with E-state index in [9.17, 15) is 9.90 Å². The summed E-state index contributed by atoms with van der Waals surface area (Å²) in [7, 11) is 0. The third kappa shape index (κ3) is 3.54. The number of nitrogens with zero attached hydrogens (tertiary/aromatic N) is 2. The SMILES string of the molecule is O=C(NC1COC1)N1CCC(C(F)(F)C(O)c2cc(Cl)cc3cn[nH]c23)CC1. The molecule has 2 saturated heterocycles. The maximum atomic E-state index is 15.1. The molecule has 3 heterocycles. The van der Waals surface area contributed by atoms with Crippen molar-refractivity contribution in [1.29, 1.82) is 0 Å². The fourth-order valence-corrected chi connectivity index (χ4v) is 3.98. The van der Waals surface area contributed by atoms with Crippen LogP contribution in [-0.2, 0) is 4.74 Å². The number of aliphatic hydroxyl groups is 1. The molecule has 2 aliphatic heterocycles. The van der Waals surface area contributed by atoms with E-state index in [-0.39, 0.29) is 48.6 Å². The number of aromatic nitrogens is 2. The number of likely N-dealkylation sites (tertiary alicyclic amines) is 1. The lowest BCUT2D eigenvalue weighted by molar-refractivity contribution is -0.159. The van der Waals surface area contributed by atoms with Gasteiger partial charge in [-0.1, -0.05) is 11.6 Å². The molecule has 28 heavy (non-hydrogen) atoms. The molecular weight excluding hydrogens is 394 g/mol. The Morgan fingerprint density at radius 1 is 1.39 bits per heavy atom. The zero-order chi connectivity index (χ0) is 19.9. The number of rotatable bonds is 4. The molecule has 1 unspecified atom stereocenters. The summed E-state index contributed by atoms with van der Waals surface area (Å²) in [6.45, 7) is 1.38. The number of halogens is 3. The van der Waals surface area contributed by atoms with E-state index in [1.165, 1.54) is 17.2 Å². The number of aliphatic hydroxyl groups excluding tert-OH is 1. The maximum absolute atomic E-state index is 15.1. The highest BCUT2D eigenvalue weighted by molar-refractivity contribution is 6.31. The summed E-state index contributed by atoms with van der Waals surface area (Å²) in [5.41, 5.74) is 0.367. The van der Waals surface area contributed by atoms with E-state index in [2.05, 4.69) is 15.5 Å². The zero-order valence-corrected chi connectivity index (χ0v) is 15.8. The number of amides is 2. The van der Waals surface area contributed by atoms with E-state index in [0.717, 1.165) is 0 Å². The number of carbonyl (C=O) groups excluding carboxylic acids is 1. The molecule has 2 aromatic rings. The first-order chi connectivity index (χ1) is 13.4. The van der Waals surface area contributed by atoms with Gasteiger partial charge in [0.25, 0.3) is 5.92 Å². The Bertz CT molecular complexity index is 866. The molecule has 10 heteroatoms. The van der Waals surface area contributed by atoms with Gasteiger partial charge in [-0.2, -0.15) is 5.10 Å². The van der Waals surface area contributed by atoms with Crippen LogP contribution in [0.2, 0.25) is 5.02 Å². The second kappa shape index (κ2) is 7.46. The normalized spacial score (nSPS) is 20.2. The molecule has 2 fully saturated rings. The lowest BCUT2D eigenvalue weighted by atomic mass is 9.85. The quantitative estimate of drug-likeness (QED) is 0.717. The standard InChI is InChI=1S/C18H21ClF2N4O3/c19-12-5-10-7-22-24-15(10)14(6-12)16(26)18(20,21)11-1-3-25(4-2-11)17(27)23-13-8-28-9-13/h5-7,11,13,16,26H,1-4,8-9H2,(H,22,24)(H,23,27).